The number of aliphatic carboxylic acids is 1. The molecular weight excluding hydrogens is 346 g/mol. The van der Waals surface area contributed by atoms with E-state index in [0.29, 0.717) is 18.0 Å². The SMILES string of the molecule is Cc1ccccc1CC(=O)N1C[C@H](C(=O)O)[C@@H](c2ccc3c(c2)OCO3)C1. The van der Waals surface area contributed by atoms with Crippen molar-refractivity contribution in [3.63, 3.8) is 0 Å². The summed E-state index contributed by atoms with van der Waals surface area (Å²) in [5.41, 5.74) is 2.89. The summed E-state index contributed by atoms with van der Waals surface area (Å²) in [4.78, 5) is 26.3. The van der Waals surface area contributed by atoms with Crippen molar-refractivity contribution in [2.75, 3.05) is 19.9 Å². The third-order valence-corrected chi connectivity index (χ3v) is 5.42. The van der Waals surface area contributed by atoms with E-state index < -0.39 is 11.9 Å². The van der Waals surface area contributed by atoms with Gasteiger partial charge in [-0.3, -0.25) is 9.59 Å². The summed E-state index contributed by atoms with van der Waals surface area (Å²) in [7, 11) is 0. The number of aryl methyl sites for hydroxylation is 1. The van der Waals surface area contributed by atoms with Gasteiger partial charge in [0.1, 0.15) is 0 Å². The molecule has 0 aliphatic carbocycles. The molecule has 27 heavy (non-hydrogen) atoms. The second-order valence-electron chi connectivity index (χ2n) is 7.07. The number of carbonyl (C=O) groups is 2. The topological polar surface area (TPSA) is 76.1 Å². The smallest absolute Gasteiger partial charge is 0.308 e. The van der Waals surface area contributed by atoms with Crippen molar-refractivity contribution in [2.24, 2.45) is 5.92 Å². The molecule has 0 spiro atoms. The molecular formula is C21H21NO5. The largest absolute Gasteiger partial charge is 0.481 e. The zero-order valence-corrected chi connectivity index (χ0v) is 15.1. The third-order valence-electron chi connectivity index (χ3n) is 5.42. The van der Waals surface area contributed by atoms with Crippen molar-refractivity contribution in [2.45, 2.75) is 19.3 Å². The molecule has 4 rings (SSSR count). The molecule has 1 fully saturated rings. The molecule has 0 bridgehead atoms. The summed E-state index contributed by atoms with van der Waals surface area (Å²) in [5, 5.41) is 9.68. The summed E-state index contributed by atoms with van der Waals surface area (Å²) < 4.78 is 10.7. The van der Waals surface area contributed by atoms with Gasteiger partial charge in [0.25, 0.3) is 0 Å². The van der Waals surface area contributed by atoms with Gasteiger partial charge in [0.05, 0.1) is 12.3 Å². The van der Waals surface area contributed by atoms with Crippen molar-refractivity contribution in [3.05, 3.63) is 59.2 Å². The maximum absolute atomic E-state index is 12.8. The van der Waals surface area contributed by atoms with Gasteiger partial charge in [-0.1, -0.05) is 30.3 Å². The first-order valence-electron chi connectivity index (χ1n) is 8.97. The van der Waals surface area contributed by atoms with Crippen LogP contribution in [0.4, 0.5) is 0 Å². The molecule has 0 unspecified atom stereocenters. The first-order valence-corrected chi connectivity index (χ1v) is 8.97. The Morgan fingerprint density at radius 1 is 1.11 bits per heavy atom. The average Bonchev–Trinajstić information content (AvgIpc) is 3.29. The van der Waals surface area contributed by atoms with Crippen LogP contribution in [0.25, 0.3) is 0 Å². The summed E-state index contributed by atoms with van der Waals surface area (Å²) >= 11 is 0. The molecule has 2 aliphatic heterocycles. The Bertz CT molecular complexity index is 894. The van der Waals surface area contributed by atoms with Crippen LogP contribution < -0.4 is 9.47 Å². The Balaban J connectivity index is 1.54. The fourth-order valence-corrected chi connectivity index (χ4v) is 3.82. The molecule has 6 nitrogen and oxygen atoms in total. The number of hydrogen-bond acceptors (Lipinski definition) is 4. The molecule has 2 aliphatic rings. The van der Waals surface area contributed by atoms with Crippen molar-refractivity contribution in [1.82, 2.24) is 4.90 Å². The highest BCUT2D eigenvalue weighted by atomic mass is 16.7. The number of amides is 1. The Morgan fingerprint density at radius 3 is 2.67 bits per heavy atom. The van der Waals surface area contributed by atoms with E-state index in [1.807, 2.05) is 43.3 Å². The molecule has 6 heteroatoms. The van der Waals surface area contributed by atoms with Crippen molar-refractivity contribution in [3.8, 4) is 11.5 Å². The van der Waals surface area contributed by atoms with Crippen LogP contribution in [0, 0.1) is 12.8 Å². The van der Waals surface area contributed by atoms with E-state index in [-0.39, 0.29) is 31.6 Å². The summed E-state index contributed by atoms with van der Waals surface area (Å²) in [6, 6.07) is 13.3. The Morgan fingerprint density at radius 2 is 1.89 bits per heavy atom. The van der Waals surface area contributed by atoms with E-state index in [2.05, 4.69) is 0 Å². The lowest BCUT2D eigenvalue weighted by molar-refractivity contribution is -0.141. The van der Waals surface area contributed by atoms with Gasteiger partial charge in [0.15, 0.2) is 11.5 Å². The first-order chi connectivity index (χ1) is 13.0. The highest BCUT2D eigenvalue weighted by molar-refractivity contribution is 5.81. The Hall–Kier alpha value is -3.02. The fraction of sp³-hybridized carbons (Fsp3) is 0.333. The predicted octanol–water partition coefficient (Wildman–Crippen LogP) is 2.59. The van der Waals surface area contributed by atoms with E-state index in [0.717, 1.165) is 16.7 Å². The molecule has 140 valence electrons. The molecule has 1 amide bonds. The molecule has 2 aromatic carbocycles. The van der Waals surface area contributed by atoms with Crippen molar-refractivity contribution in [1.29, 1.82) is 0 Å². The predicted molar refractivity (Wildman–Crippen MR) is 97.9 cm³/mol. The van der Waals surface area contributed by atoms with Crippen LogP contribution in [0.15, 0.2) is 42.5 Å². The van der Waals surface area contributed by atoms with Crippen LogP contribution in [-0.2, 0) is 16.0 Å². The molecule has 2 aromatic rings. The first kappa shape index (κ1) is 17.4. The van der Waals surface area contributed by atoms with Crippen molar-refractivity contribution >= 4 is 11.9 Å². The quantitative estimate of drug-likeness (QED) is 0.899. The highest BCUT2D eigenvalue weighted by Crippen LogP contribution is 2.39. The van der Waals surface area contributed by atoms with Crippen LogP contribution in [0.2, 0.25) is 0 Å². The van der Waals surface area contributed by atoms with Crippen LogP contribution in [0.1, 0.15) is 22.6 Å². The summed E-state index contributed by atoms with van der Waals surface area (Å²) in [6.07, 6.45) is 0.285. The molecule has 0 radical (unpaired) electrons. The Labute approximate surface area is 157 Å². The third kappa shape index (κ3) is 3.35. The van der Waals surface area contributed by atoms with Crippen LogP contribution in [0.5, 0.6) is 11.5 Å². The van der Waals surface area contributed by atoms with E-state index in [1.165, 1.54) is 0 Å². The van der Waals surface area contributed by atoms with Gasteiger partial charge in [-0.2, -0.15) is 0 Å². The lowest BCUT2D eigenvalue weighted by atomic mass is 9.89. The number of carbonyl (C=O) groups excluding carboxylic acids is 1. The zero-order valence-electron chi connectivity index (χ0n) is 15.1. The van der Waals surface area contributed by atoms with E-state index in [9.17, 15) is 14.7 Å². The second-order valence-corrected chi connectivity index (χ2v) is 7.07. The Kier molecular flexibility index (Phi) is 4.48. The molecule has 1 N–H and O–H groups in total. The minimum atomic E-state index is -0.885. The summed E-state index contributed by atoms with van der Waals surface area (Å²) in [5.74, 6) is -0.538. The number of rotatable bonds is 4. The second kappa shape index (κ2) is 6.95. The monoisotopic (exact) mass is 367 g/mol. The fourth-order valence-electron chi connectivity index (χ4n) is 3.82. The van der Waals surface area contributed by atoms with E-state index in [4.69, 9.17) is 9.47 Å². The van der Waals surface area contributed by atoms with E-state index in [1.54, 1.807) is 11.0 Å². The number of nitrogens with zero attached hydrogens (tertiary/aromatic N) is 1. The standard InChI is InChI=1S/C21H21NO5/c1-13-4-2-3-5-14(13)9-20(23)22-10-16(17(11-22)21(24)25)15-6-7-18-19(8-15)27-12-26-18/h2-8,16-17H,9-12H2,1H3,(H,24,25)/t16-,17+/m1/s1. The summed E-state index contributed by atoms with van der Waals surface area (Å²) in [6.45, 7) is 2.76. The minimum absolute atomic E-state index is 0.0428. The molecule has 0 aromatic heterocycles. The number of carboxylic acids is 1. The maximum atomic E-state index is 12.8. The zero-order chi connectivity index (χ0) is 19.0. The van der Waals surface area contributed by atoms with Gasteiger partial charge in [0.2, 0.25) is 12.7 Å². The van der Waals surface area contributed by atoms with Gasteiger partial charge in [-0.15, -0.1) is 0 Å². The number of fused-ring (bicyclic) bond motifs is 1. The lowest BCUT2D eigenvalue weighted by Gasteiger charge is -2.17. The van der Waals surface area contributed by atoms with Gasteiger partial charge < -0.3 is 19.5 Å². The molecule has 1 saturated heterocycles. The van der Waals surface area contributed by atoms with Crippen molar-refractivity contribution < 1.29 is 24.2 Å². The normalized spacial score (nSPS) is 20.7. The van der Waals surface area contributed by atoms with Gasteiger partial charge in [-0.05, 0) is 35.7 Å². The van der Waals surface area contributed by atoms with Gasteiger partial charge >= 0.3 is 5.97 Å². The van der Waals surface area contributed by atoms with Crippen LogP contribution in [-0.4, -0.2) is 41.8 Å². The van der Waals surface area contributed by atoms with Crippen LogP contribution in [0.3, 0.4) is 0 Å². The maximum Gasteiger partial charge on any atom is 0.308 e. The number of benzene rings is 2. The molecule has 0 saturated carbocycles. The average molecular weight is 367 g/mol. The van der Waals surface area contributed by atoms with E-state index >= 15 is 0 Å². The number of likely N-dealkylation sites (tertiary alicyclic amines) is 1. The molecule has 2 atom stereocenters. The number of hydrogen-bond donors (Lipinski definition) is 1. The minimum Gasteiger partial charge on any atom is -0.481 e. The van der Waals surface area contributed by atoms with Crippen LogP contribution >= 0.6 is 0 Å². The lowest BCUT2D eigenvalue weighted by Crippen LogP contribution is -2.31. The highest BCUT2D eigenvalue weighted by Gasteiger charge is 2.40. The number of carboxylic acid groups (broad SMARTS) is 1. The molecule has 2 heterocycles. The van der Waals surface area contributed by atoms with Gasteiger partial charge in [-0.25, -0.2) is 0 Å². The van der Waals surface area contributed by atoms with Gasteiger partial charge in [0, 0.05) is 19.0 Å². The number of ether oxygens (including phenoxy) is 2.